The topological polar surface area (TPSA) is 87.8 Å². The Balaban J connectivity index is 2.07. The number of ether oxygens (including phenoxy) is 1. The summed E-state index contributed by atoms with van der Waals surface area (Å²) >= 11 is 13.1. The van der Waals surface area contributed by atoms with Crippen molar-refractivity contribution in [3.8, 4) is 0 Å². The quantitative estimate of drug-likeness (QED) is 0.665. The van der Waals surface area contributed by atoms with Crippen molar-refractivity contribution >= 4 is 51.4 Å². The van der Waals surface area contributed by atoms with Crippen molar-refractivity contribution in [2.24, 2.45) is 0 Å². The molecule has 0 spiro atoms. The Kier molecular flexibility index (Phi) is 5.71. The number of thiophene rings is 1. The second-order valence-corrected chi connectivity index (χ2v) is 7.22. The average molecular weight is 402 g/mol. The van der Waals surface area contributed by atoms with Gasteiger partial charge in [0.2, 0.25) is 0 Å². The van der Waals surface area contributed by atoms with E-state index in [1.54, 1.807) is 24.3 Å². The molecule has 2 heterocycles. The smallest absolute Gasteiger partial charge is 0.346 e. The minimum absolute atomic E-state index is 0.173. The highest BCUT2D eigenvalue weighted by Gasteiger charge is 2.30. The maximum Gasteiger partial charge on any atom is 0.346 e. The first kappa shape index (κ1) is 18.3. The SMILES string of the molecule is Nc1c(N2CCOCC2)sc(C(=O)O)c1C(NCl)c1ccc(Cl)cc1. The summed E-state index contributed by atoms with van der Waals surface area (Å²) in [7, 11) is 0. The lowest BCUT2D eigenvalue weighted by Crippen LogP contribution is -2.36. The molecule has 0 saturated carbocycles. The van der Waals surface area contributed by atoms with Gasteiger partial charge in [-0.05, 0) is 29.5 Å². The van der Waals surface area contributed by atoms with Crippen LogP contribution in [-0.4, -0.2) is 37.4 Å². The lowest BCUT2D eigenvalue weighted by Gasteiger charge is -2.28. The zero-order valence-corrected chi connectivity index (χ0v) is 15.5. The molecule has 2 aromatic rings. The molecule has 1 aliphatic rings. The van der Waals surface area contributed by atoms with Gasteiger partial charge in [0.05, 0.1) is 24.9 Å². The fourth-order valence-electron chi connectivity index (χ4n) is 2.83. The van der Waals surface area contributed by atoms with Gasteiger partial charge in [0.25, 0.3) is 0 Å². The number of carboxylic acids is 1. The molecule has 1 aromatic heterocycles. The molecule has 1 aliphatic heterocycles. The van der Waals surface area contributed by atoms with Crippen LogP contribution in [0.5, 0.6) is 0 Å². The Morgan fingerprint density at radius 3 is 2.52 bits per heavy atom. The predicted octanol–water partition coefficient (Wildman–Crippen LogP) is 3.35. The molecule has 9 heteroatoms. The van der Waals surface area contributed by atoms with Crippen LogP contribution in [0, 0.1) is 0 Å². The van der Waals surface area contributed by atoms with E-state index in [0.717, 1.165) is 21.9 Å². The van der Waals surface area contributed by atoms with E-state index in [2.05, 4.69) is 4.84 Å². The third-order valence-corrected chi connectivity index (χ3v) is 5.80. The molecule has 0 radical (unpaired) electrons. The standard InChI is InChI=1S/C16H17Cl2N3O3S/c17-10-3-1-9(2-4-10)13(20-18)11-12(19)15(25-14(11)16(22)23)21-5-7-24-8-6-21/h1-4,13,20H,5-8,19H2,(H,22,23). The molecule has 1 unspecified atom stereocenters. The van der Waals surface area contributed by atoms with Gasteiger partial charge >= 0.3 is 5.97 Å². The summed E-state index contributed by atoms with van der Waals surface area (Å²) in [5, 5.41) is 11.0. The number of hydrogen-bond acceptors (Lipinski definition) is 6. The summed E-state index contributed by atoms with van der Waals surface area (Å²) < 4.78 is 5.35. The summed E-state index contributed by atoms with van der Waals surface area (Å²) in [6.07, 6.45) is 0. The van der Waals surface area contributed by atoms with E-state index < -0.39 is 12.0 Å². The van der Waals surface area contributed by atoms with Gasteiger partial charge in [-0.2, -0.15) is 0 Å². The van der Waals surface area contributed by atoms with Crippen molar-refractivity contribution in [3.05, 3.63) is 45.3 Å². The van der Waals surface area contributed by atoms with E-state index in [9.17, 15) is 9.90 Å². The summed E-state index contributed by atoms with van der Waals surface area (Å²) in [6, 6.07) is 6.48. The first-order valence-corrected chi connectivity index (χ1v) is 9.20. The number of halogens is 2. The van der Waals surface area contributed by atoms with Crippen LogP contribution in [0.3, 0.4) is 0 Å². The number of nitrogen functional groups attached to an aromatic ring is 1. The third-order valence-electron chi connectivity index (χ3n) is 4.06. The Bertz CT molecular complexity index is 761. The molecular weight excluding hydrogens is 385 g/mol. The molecule has 3 rings (SSSR count). The molecule has 0 amide bonds. The second kappa shape index (κ2) is 7.80. The highest BCUT2D eigenvalue weighted by molar-refractivity contribution is 7.18. The lowest BCUT2D eigenvalue weighted by atomic mass is 9.98. The van der Waals surface area contributed by atoms with Gasteiger partial charge in [-0.1, -0.05) is 23.7 Å². The first-order chi connectivity index (χ1) is 12.0. The van der Waals surface area contributed by atoms with Crippen LogP contribution >= 0.6 is 34.7 Å². The number of morpholine rings is 1. The van der Waals surface area contributed by atoms with Crippen LogP contribution in [0.2, 0.25) is 5.02 Å². The van der Waals surface area contributed by atoms with Crippen molar-refractivity contribution in [2.45, 2.75) is 6.04 Å². The molecule has 4 N–H and O–H groups in total. The van der Waals surface area contributed by atoms with E-state index in [0.29, 0.717) is 42.6 Å². The van der Waals surface area contributed by atoms with Gasteiger partial charge in [0.1, 0.15) is 9.88 Å². The van der Waals surface area contributed by atoms with Crippen LogP contribution in [0.1, 0.15) is 26.8 Å². The molecule has 0 bridgehead atoms. The van der Waals surface area contributed by atoms with Gasteiger partial charge in [-0.25, -0.2) is 9.63 Å². The van der Waals surface area contributed by atoms with Crippen LogP contribution in [0.15, 0.2) is 24.3 Å². The number of anilines is 2. The average Bonchev–Trinajstić information content (AvgIpc) is 2.96. The molecular formula is C16H17Cl2N3O3S. The third kappa shape index (κ3) is 3.70. The first-order valence-electron chi connectivity index (χ1n) is 7.62. The van der Waals surface area contributed by atoms with Crippen LogP contribution < -0.4 is 15.5 Å². The molecule has 25 heavy (non-hydrogen) atoms. The zero-order valence-electron chi connectivity index (χ0n) is 13.2. The van der Waals surface area contributed by atoms with Gasteiger partial charge in [0.15, 0.2) is 0 Å². The highest BCUT2D eigenvalue weighted by Crippen LogP contribution is 2.44. The Morgan fingerprint density at radius 1 is 1.32 bits per heavy atom. The van der Waals surface area contributed by atoms with Crippen molar-refractivity contribution in [3.63, 3.8) is 0 Å². The molecule has 1 fully saturated rings. The Morgan fingerprint density at radius 2 is 1.96 bits per heavy atom. The van der Waals surface area contributed by atoms with Crippen molar-refractivity contribution in [2.75, 3.05) is 36.9 Å². The maximum absolute atomic E-state index is 11.8. The number of carboxylic acid groups (broad SMARTS) is 1. The minimum Gasteiger partial charge on any atom is -0.477 e. The summed E-state index contributed by atoms with van der Waals surface area (Å²) in [5.74, 6) is -1.03. The molecule has 1 aromatic carbocycles. The largest absolute Gasteiger partial charge is 0.477 e. The normalized spacial score (nSPS) is 16.0. The number of carbonyl (C=O) groups is 1. The zero-order chi connectivity index (χ0) is 18.0. The number of nitrogens with zero attached hydrogens (tertiary/aromatic N) is 1. The van der Waals surface area contributed by atoms with Crippen LogP contribution in [-0.2, 0) is 4.74 Å². The monoisotopic (exact) mass is 401 g/mol. The maximum atomic E-state index is 11.8. The van der Waals surface area contributed by atoms with E-state index in [4.69, 9.17) is 33.8 Å². The number of rotatable bonds is 5. The number of nitrogens with one attached hydrogen (secondary N) is 1. The van der Waals surface area contributed by atoms with E-state index in [-0.39, 0.29) is 4.88 Å². The Hall–Kier alpha value is -1.51. The molecule has 6 nitrogen and oxygen atoms in total. The Labute approximate surface area is 159 Å². The van der Waals surface area contributed by atoms with Crippen molar-refractivity contribution in [1.29, 1.82) is 0 Å². The van der Waals surface area contributed by atoms with E-state index in [1.807, 2.05) is 4.90 Å². The van der Waals surface area contributed by atoms with Crippen LogP contribution in [0.4, 0.5) is 10.7 Å². The number of aromatic carboxylic acids is 1. The van der Waals surface area contributed by atoms with E-state index in [1.165, 1.54) is 0 Å². The van der Waals surface area contributed by atoms with Crippen molar-refractivity contribution < 1.29 is 14.6 Å². The summed E-state index contributed by atoms with van der Waals surface area (Å²) in [6.45, 7) is 2.51. The summed E-state index contributed by atoms with van der Waals surface area (Å²) in [5.41, 5.74) is 8.03. The predicted molar refractivity (Wildman–Crippen MR) is 101 cm³/mol. The minimum atomic E-state index is -1.03. The fraction of sp³-hybridized carbons (Fsp3) is 0.312. The van der Waals surface area contributed by atoms with Gasteiger partial charge in [0, 0.05) is 23.7 Å². The van der Waals surface area contributed by atoms with Gasteiger partial charge in [-0.15, -0.1) is 11.3 Å². The number of hydrogen-bond donors (Lipinski definition) is 3. The second-order valence-electron chi connectivity index (χ2n) is 5.56. The van der Waals surface area contributed by atoms with Gasteiger partial charge < -0.3 is 20.5 Å². The number of nitrogens with two attached hydrogens (primary N) is 1. The fourth-order valence-corrected chi connectivity index (χ4v) is 4.34. The summed E-state index contributed by atoms with van der Waals surface area (Å²) in [4.78, 5) is 16.7. The number of benzene rings is 1. The highest BCUT2D eigenvalue weighted by atomic mass is 35.5. The van der Waals surface area contributed by atoms with Crippen molar-refractivity contribution in [1.82, 2.24) is 4.84 Å². The molecule has 134 valence electrons. The van der Waals surface area contributed by atoms with Crippen LogP contribution in [0.25, 0.3) is 0 Å². The van der Waals surface area contributed by atoms with Gasteiger partial charge in [-0.3, -0.25) is 0 Å². The molecule has 0 aliphatic carbocycles. The molecule has 1 saturated heterocycles. The lowest BCUT2D eigenvalue weighted by molar-refractivity contribution is 0.0700. The molecule has 1 atom stereocenters. The van der Waals surface area contributed by atoms with E-state index >= 15 is 0 Å².